The quantitative estimate of drug-likeness (QED) is 0.312. The second-order valence-corrected chi connectivity index (χ2v) is 8.37. The molecule has 35 heavy (non-hydrogen) atoms. The molecule has 9 nitrogen and oxygen atoms in total. The number of aromatic nitrogens is 2. The molecule has 2 aromatic heterocycles. The zero-order chi connectivity index (χ0) is 24.6. The van der Waals surface area contributed by atoms with Crippen LogP contribution in [0.5, 0.6) is 5.75 Å². The predicted molar refractivity (Wildman–Crippen MR) is 131 cm³/mol. The molecular weight excluding hydrogens is 448 g/mol. The van der Waals surface area contributed by atoms with Crippen molar-refractivity contribution in [2.24, 2.45) is 5.92 Å². The number of amides is 1. The Bertz CT molecular complexity index is 1160. The molecule has 184 valence electrons. The molecule has 0 saturated carbocycles. The summed E-state index contributed by atoms with van der Waals surface area (Å²) in [5, 5.41) is 15.1. The standard InChI is InChI=1S/C26H30N4O5/c1-34-11-12-35-23-16-27-8-7-17(23)13-21-25(29-19-5-3-2-4-6-19)24-20(30-21)14-18(15-22(24)32)26(33)28-9-10-31/h2-8,16,18,29-31H,9-15H2,1H3,(H,28,33). The van der Waals surface area contributed by atoms with Crippen molar-refractivity contribution >= 4 is 23.1 Å². The van der Waals surface area contributed by atoms with Crippen molar-refractivity contribution in [2.75, 3.05) is 38.8 Å². The summed E-state index contributed by atoms with van der Waals surface area (Å²) >= 11 is 0. The molecule has 1 aromatic carbocycles. The highest BCUT2D eigenvalue weighted by Gasteiger charge is 2.34. The average Bonchev–Trinajstić information content (AvgIpc) is 3.21. The lowest BCUT2D eigenvalue weighted by molar-refractivity contribution is -0.125. The van der Waals surface area contributed by atoms with Crippen molar-refractivity contribution in [3.63, 3.8) is 0 Å². The second kappa shape index (κ2) is 11.6. The Morgan fingerprint density at radius 1 is 1.20 bits per heavy atom. The van der Waals surface area contributed by atoms with E-state index in [4.69, 9.17) is 14.6 Å². The van der Waals surface area contributed by atoms with E-state index in [2.05, 4.69) is 20.6 Å². The molecule has 3 aromatic rings. The van der Waals surface area contributed by atoms with Crippen molar-refractivity contribution in [1.82, 2.24) is 15.3 Å². The maximum Gasteiger partial charge on any atom is 0.224 e. The molecule has 0 bridgehead atoms. The van der Waals surface area contributed by atoms with Gasteiger partial charge < -0.3 is 30.2 Å². The van der Waals surface area contributed by atoms with Crippen LogP contribution in [0.2, 0.25) is 0 Å². The fourth-order valence-electron chi connectivity index (χ4n) is 4.27. The molecule has 1 atom stereocenters. The molecule has 1 aliphatic carbocycles. The number of ether oxygens (including phenoxy) is 2. The lowest BCUT2D eigenvalue weighted by Crippen LogP contribution is -2.37. The van der Waals surface area contributed by atoms with Crippen LogP contribution >= 0.6 is 0 Å². The molecule has 9 heteroatoms. The number of anilines is 2. The minimum atomic E-state index is -0.480. The fraction of sp³-hybridized carbons (Fsp3) is 0.346. The summed E-state index contributed by atoms with van der Waals surface area (Å²) in [5.41, 5.74) is 4.63. The lowest BCUT2D eigenvalue weighted by Gasteiger charge is -2.21. The van der Waals surface area contributed by atoms with E-state index in [9.17, 15) is 9.59 Å². The third-order valence-corrected chi connectivity index (χ3v) is 5.92. The van der Waals surface area contributed by atoms with Crippen molar-refractivity contribution in [2.45, 2.75) is 19.3 Å². The first kappa shape index (κ1) is 24.4. The number of para-hydroxylation sites is 1. The number of nitrogens with zero attached hydrogens (tertiary/aromatic N) is 1. The number of hydrogen-bond donors (Lipinski definition) is 4. The topological polar surface area (TPSA) is 126 Å². The highest BCUT2D eigenvalue weighted by molar-refractivity contribution is 6.06. The highest BCUT2D eigenvalue weighted by atomic mass is 16.5. The van der Waals surface area contributed by atoms with Gasteiger partial charge in [-0.05, 0) is 18.2 Å². The maximum atomic E-state index is 13.3. The molecule has 0 radical (unpaired) electrons. The Morgan fingerprint density at radius 3 is 2.80 bits per heavy atom. The van der Waals surface area contributed by atoms with Crippen LogP contribution in [0.15, 0.2) is 48.8 Å². The van der Waals surface area contributed by atoms with Crippen molar-refractivity contribution in [3.05, 3.63) is 71.3 Å². The van der Waals surface area contributed by atoms with Crippen LogP contribution in [0, 0.1) is 5.92 Å². The summed E-state index contributed by atoms with van der Waals surface area (Å²) in [6, 6.07) is 11.5. The number of H-pyrrole nitrogens is 1. The van der Waals surface area contributed by atoms with Gasteiger partial charge in [-0.1, -0.05) is 18.2 Å². The number of hydrogen-bond acceptors (Lipinski definition) is 7. The van der Waals surface area contributed by atoms with E-state index in [-0.39, 0.29) is 31.3 Å². The Morgan fingerprint density at radius 2 is 2.03 bits per heavy atom. The first-order valence-corrected chi connectivity index (χ1v) is 11.6. The molecule has 1 unspecified atom stereocenters. The summed E-state index contributed by atoms with van der Waals surface area (Å²) in [4.78, 5) is 33.4. The normalized spacial score (nSPS) is 14.9. The van der Waals surface area contributed by atoms with Gasteiger partial charge in [0.2, 0.25) is 5.91 Å². The van der Waals surface area contributed by atoms with Gasteiger partial charge in [0.1, 0.15) is 12.4 Å². The smallest absolute Gasteiger partial charge is 0.224 e. The number of carbonyl (C=O) groups is 2. The molecule has 4 N–H and O–H groups in total. The number of aromatic amines is 1. The van der Waals surface area contributed by atoms with E-state index in [1.807, 2.05) is 36.4 Å². The lowest BCUT2D eigenvalue weighted by atomic mass is 9.85. The minimum Gasteiger partial charge on any atom is -0.489 e. The summed E-state index contributed by atoms with van der Waals surface area (Å²) < 4.78 is 10.9. The number of ketones is 1. The molecule has 2 heterocycles. The molecule has 4 rings (SSSR count). The number of carbonyl (C=O) groups excluding carboxylic acids is 2. The number of aliphatic hydroxyl groups excluding tert-OH is 1. The Hall–Kier alpha value is -3.69. The zero-order valence-corrected chi connectivity index (χ0v) is 19.7. The monoisotopic (exact) mass is 478 g/mol. The van der Waals surface area contributed by atoms with Gasteiger partial charge in [0.05, 0.1) is 36.6 Å². The summed E-state index contributed by atoms with van der Waals surface area (Å²) in [6.07, 6.45) is 4.38. The van der Waals surface area contributed by atoms with E-state index in [1.54, 1.807) is 19.5 Å². The number of benzene rings is 1. The number of pyridine rings is 1. The molecule has 1 aliphatic rings. The summed E-state index contributed by atoms with van der Waals surface area (Å²) in [6.45, 7) is 0.881. The largest absolute Gasteiger partial charge is 0.489 e. The Balaban J connectivity index is 1.67. The molecular formula is C26H30N4O5. The van der Waals surface area contributed by atoms with Gasteiger partial charge in [0, 0.05) is 61.8 Å². The van der Waals surface area contributed by atoms with Crippen LogP contribution in [0.25, 0.3) is 0 Å². The number of methoxy groups -OCH3 is 1. The molecule has 0 fully saturated rings. The first-order chi connectivity index (χ1) is 17.1. The maximum absolute atomic E-state index is 13.3. The predicted octanol–water partition coefficient (Wildman–Crippen LogP) is 2.62. The van der Waals surface area contributed by atoms with E-state index < -0.39 is 5.92 Å². The van der Waals surface area contributed by atoms with Gasteiger partial charge in [-0.25, -0.2) is 0 Å². The van der Waals surface area contributed by atoms with Crippen LogP contribution in [-0.4, -0.2) is 60.2 Å². The minimum absolute atomic E-state index is 0.0948. The number of aliphatic hydroxyl groups is 1. The second-order valence-electron chi connectivity index (χ2n) is 8.37. The van der Waals surface area contributed by atoms with Crippen LogP contribution < -0.4 is 15.4 Å². The van der Waals surface area contributed by atoms with Gasteiger partial charge in [0.15, 0.2) is 5.78 Å². The van der Waals surface area contributed by atoms with Gasteiger partial charge in [0.25, 0.3) is 0 Å². The van der Waals surface area contributed by atoms with Crippen LogP contribution in [0.4, 0.5) is 11.4 Å². The first-order valence-electron chi connectivity index (χ1n) is 11.6. The molecule has 0 saturated heterocycles. The SMILES string of the molecule is COCCOc1cnccc1Cc1[nH]c2c(c1Nc1ccccc1)C(=O)CC(C(=O)NCCO)C2. The summed E-state index contributed by atoms with van der Waals surface area (Å²) in [5.74, 6) is -0.154. The number of fused-ring (bicyclic) bond motifs is 1. The van der Waals surface area contributed by atoms with Crippen molar-refractivity contribution < 1.29 is 24.2 Å². The zero-order valence-electron chi connectivity index (χ0n) is 19.7. The van der Waals surface area contributed by atoms with Gasteiger partial charge in [-0.15, -0.1) is 0 Å². The van der Waals surface area contributed by atoms with E-state index in [1.165, 1.54) is 0 Å². The van der Waals surface area contributed by atoms with Crippen molar-refractivity contribution in [1.29, 1.82) is 0 Å². The average molecular weight is 479 g/mol. The Labute approximate surface area is 203 Å². The number of Topliss-reactive ketones (excluding diaryl/α,β-unsaturated/α-hetero) is 1. The number of rotatable bonds is 11. The van der Waals surface area contributed by atoms with E-state index in [0.29, 0.717) is 43.1 Å². The third kappa shape index (κ3) is 5.87. The van der Waals surface area contributed by atoms with Gasteiger partial charge in [-0.2, -0.15) is 0 Å². The summed E-state index contributed by atoms with van der Waals surface area (Å²) in [7, 11) is 1.62. The molecule has 0 aliphatic heterocycles. The van der Waals surface area contributed by atoms with Gasteiger partial charge in [-0.3, -0.25) is 14.6 Å². The molecule has 0 spiro atoms. The molecule has 1 amide bonds. The van der Waals surface area contributed by atoms with E-state index in [0.717, 1.165) is 22.6 Å². The Kier molecular flexibility index (Phi) is 8.12. The van der Waals surface area contributed by atoms with Crippen molar-refractivity contribution in [3.8, 4) is 5.75 Å². The van der Waals surface area contributed by atoms with Crippen LogP contribution in [-0.2, 0) is 22.4 Å². The van der Waals surface area contributed by atoms with Gasteiger partial charge >= 0.3 is 0 Å². The third-order valence-electron chi connectivity index (χ3n) is 5.92. The van der Waals surface area contributed by atoms with E-state index >= 15 is 0 Å². The number of nitrogens with one attached hydrogen (secondary N) is 3. The highest BCUT2D eigenvalue weighted by Crippen LogP contribution is 2.37. The van der Waals surface area contributed by atoms with Crippen LogP contribution in [0.1, 0.15) is 33.7 Å². The van der Waals surface area contributed by atoms with Crippen LogP contribution in [0.3, 0.4) is 0 Å². The fourth-order valence-corrected chi connectivity index (χ4v) is 4.27.